The Morgan fingerprint density at radius 2 is 1.65 bits per heavy atom. The van der Waals surface area contributed by atoms with Crippen molar-refractivity contribution in [1.82, 2.24) is 5.32 Å². The van der Waals surface area contributed by atoms with Crippen LogP contribution in [0.4, 0.5) is 13.2 Å². The van der Waals surface area contributed by atoms with Crippen LogP contribution in [-0.2, 0) is 6.42 Å². The van der Waals surface area contributed by atoms with Gasteiger partial charge in [-0.25, -0.2) is 13.2 Å². The van der Waals surface area contributed by atoms with Crippen LogP contribution in [0.3, 0.4) is 0 Å². The summed E-state index contributed by atoms with van der Waals surface area (Å²) in [5.74, 6) is -2.58. The Morgan fingerprint density at radius 3 is 2.30 bits per heavy atom. The van der Waals surface area contributed by atoms with E-state index >= 15 is 0 Å². The lowest BCUT2D eigenvalue weighted by atomic mass is 10.1. The van der Waals surface area contributed by atoms with E-state index in [2.05, 4.69) is 5.32 Å². The van der Waals surface area contributed by atoms with Crippen LogP contribution in [0.2, 0.25) is 0 Å². The first-order chi connectivity index (χ1) is 9.56. The summed E-state index contributed by atoms with van der Waals surface area (Å²) in [5.41, 5.74) is 0.370. The number of rotatable bonds is 4. The maximum Gasteiger partial charge on any atom is 0.251 e. The molecule has 0 fully saturated rings. The van der Waals surface area contributed by atoms with E-state index < -0.39 is 17.5 Å². The highest BCUT2D eigenvalue weighted by Crippen LogP contribution is 2.09. The Labute approximate surface area is 114 Å². The maximum absolute atomic E-state index is 13.3. The van der Waals surface area contributed by atoms with Gasteiger partial charge in [-0.2, -0.15) is 0 Å². The van der Waals surface area contributed by atoms with Gasteiger partial charge in [0.15, 0.2) is 0 Å². The number of hydrogen-bond acceptors (Lipinski definition) is 1. The van der Waals surface area contributed by atoms with Gasteiger partial charge in [0.25, 0.3) is 5.91 Å². The van der Waals surface area contributed by atoms with Crippen LogP contribution in [-0.4, -0.2) is 12.5 Å². The van der Waals surface area contributed by atoms with E-state index in [1.807, 2.05) is 0 Å². The molecule has 1 amide bonds. The number of halogens is 3. The lowest BCUT2D eigenvalue weighted by Crippen LogP contribution is -2.26. The van der Waals surface area contributed by atoms with E-state index in [1.165, 1.54) is 6.07 Å². The molecule has 2 aromatic rings. The molecule has 0 radical (unpaired) electrons. The third-order valence-electron chi connectivity index (χ3n) is 2.76. The predicted molar refractivity (Wildman–Crippen MR) is 68.8 cm³/mol. The number of amides is 1. The molecule has 2 aromatic carbocycles. The highest BCUT2D eigenvalue weighted by atomic mass is 19.1. The van der Waals surface area contributed by atoms with Gasteiger partial charge in [0.1, 0.15) is 17.5 Å². The Kier molecular flexibility index (Phi) is 4.40. The van der Waals surface area contributed by atoms with Gasteiger partial charge in [-0.1, -0.05) is 18.2 Å². The Morgan fingerprint density at radius 1 is 1.00 bits per heavy atom. The molecule has 0 spiro atoms. The lowest BCUT2D eigenvalue weighted by molar-refractivity contribution is 0.0953. The predicted octanol–water partition coefficient (Wildman–Crippen LogP) is 3.08. The average molecular weight is 279 g/mol. The van der Waals surface area contributed by atoms with E-state index in [4.69, 9.17) is 0 Å². The van der Waals surface area contributed by atoms with Crippen molar-refractivity contribution in [2.24, 2.45) is 0 Å². The Hall–Kier alpha value is -2.30. The molecule has 0 saturated heterocycles. The zero-order valence-corrected chi connectivity index (χ0v) is 10.5. The molecule has 1 N–H and O–H groups in total. The van der Waals surface area contributed by atoms with Gasteiger partial charge < -0.3 is 5.32 Å². The summed E-state index contributed by atoms with van der Waals surface area (Å²) in [5, 5.41) is 2.49. The van der Waals surface area contributed by atoms with E-state index in [9.17, 15) is 18.0 Å². The number of hydrogen-bond donors (Lipinski definition) is 1. The van der Waals surface area contributed by atoms with Crippen molar-refractivity contribution in [3.05, 3.63) is 71.0 Å². The van der Waals surface area contributed by atoms with Crippen LogP contribution in [0.1, 0.15) is 15.9 Å². The van der Waals surface area contributed by atoms with Gasteiger partial charge >= 0.3 is 0 Å². The number of carbonyl (C=O) groups is 1. The van der Waals surface area contributed by atoms with E-state index in [1.54, 1.807) is 18.2 Å². The Bertz CT molecular complexity index is 608. The minimum Gasteiger partial charge on any atom is -0.352 e. The summed E-state index contributed by atoms with van der Waals surface area (Å²) in [4.78, 5) is 11.7. The molecule has 0 aromatic heterocycles. The fourth-order valence-corrected chi connectivity index (χ4v) is 1.80. The first-order valence-electron chi connectivity index (χ1n) is 6.04. The summed E-state index contributed by atoms with van der Waals surface area (Å²) in [6.45, 7) is 0.178. The zero-order valence-electron chi connectivity index (χ0n) is 10.5. The van der Waals surface area contributed by atoms with Crippen LogP contribution >= 0.6 is 0 Å². The molecular formula is C15H12F3NO. The second kappa shape index (κ2) is 6.23. The summed E-state index contributed by atoms with van der Waals surface area (Å²) in [7, 11) is 0. The summed E-state index contributed by atoms with van der Waals surface area (Å²) >= 11 is 0. The van der Waals surface area contributed by atoms with Crippen molar-refractivity contribution in [1.29, 1.82) is 0 Å². The van der Waals surface area contributed by atoms with Crippen LogP contribution in [0.15, 0.2) is 42.5 Å². The minimum absolute atomic E-state index is 0.101. The topological polar surface area (TPSA) is 29.1 Å². The SMILES string of the molecule is O=C(NCCc1ccccc1F)c1cc(F)cc(F)c1. The van der Waals surface area contributed by atoms with Gasteiger partial charge in [-0.05, 0) is 30.2 Å². The third kappa shape index (κ3) is 3.60. The molecule has 0 bridgehead atoms. The first-order valence-corrected chi connectivity index (χ1v) is 6.04. The molecule has 2 nitrogen and oxygen atoms in total. The van der Waals surface area contributed by atoms with Crippen LogP contribution in [0.5, 0.6) is 0 Å². The van der Waals surface area contributed by atoms with Crippen molar-refractivity contribution < 1.29 is 18.0 Å². The van der Waals surface area contributed by atoms with Gasteiger partial charge in [-0.15, -0.1) is 0 Å². The molecule has 20 heavy (non-hydrogen) atoms. The molecule has 0 atom stereocenters. The number of carbonyl (C=O) groups excluding carboxylic acids is 1. The smallest absolute Gasteiger partial charge is 0.251 e. The average Bonchev–Trinajstić information content (AvgIpc) is 2.39. The van der Waals surface area contributed by atoms with Crippen molar-refractivity contribution in [3.8, 4) is 0 Å². The number of nitrogens with one attached hydrogen (secondary N) is 1. The van der Waals surface area contributed by atoms with E-state index in [0.29, 0.717) is 18.1 Å². The second-order valence-corrected chi connectivity index (χ2v) is 4.26. The molecule has 0 aliphatic heterocycles. The van der Waals surface area contributed by atoms with Gasteiger partial charge in [-0.3, -0.25) is 4.79 Å². The normalized spacial score (nSPS) is 10.3. The fraction of sp³-hybridized carbons (Fsp3) is 0.133. The zero-order chi connectivity index (χ0) is 14.5. The second-order valence-electron chi connectivity index (χ2n) is 4.26. The van der Waals surface area contributed by atoms with Crippen LogP contribution < -0.4 is 5.32 Å². The summed E-state index contributed by atoms with van der Waals surface area (Å²) < 4.78 is 39.2. The molecule has 0 aliphatic carbocycles. The quantitative estimate of drug-likeness (QED) is 0.915. The fourth-order valence-electron chi connectivity index (χ4n) is 1.80. The summed E-state index contributed by atoms with van der Waals surface area (Å²) in [6.07, 6.45) is 0.302. The molecule has 0 aliphatic rings. The van der Waals surface area contributed by atoms with Crippen LogP contribution in [0, 0.1) is 17.5 Å². The van der Waals surface area contributed by atoms with Crippen molar-refractivity contribution >= 4 is 5.91 Å². The minimum atomic E-state index is -0.816. The first kappa shape index (κ1) is 14.1. The third-order valence-corrected chi connectivity index (χ3v) is 2.76. The largest absolute Gasteiger partial charge is 0.352 e. The van der Waals surface area contributed by atoms with Crippen molar-refractivity contribution in [2.45, 2.75) is 6.42 Å². The molecule has 0 saturated carbocycles. The van der Waals surface area contributed by atoms with Crippen LogP contribution in [0.25, 0.3) is 0 Å². The van der Waals surface area contributed by atoms with Crippen molar-refractivity contribution in [2.75, 3.05) is 6.54 Å². The highest BCUT2D eigenvalue weighted by molar-refractivity contribution is 5.94. The molecular weight excluding hydrogens is 267 g/mol. The maximum atomic E-state index is 13.3. The van der Waals surface area contributed by atoms with Gasteiger partial charge in [0, 0.05) is 18.2 Å². The van der Waals surface area contributed by atoms with Crippen molar-refractivity contribution in [3.63, 3.8) is 0 Å². The highest BCUT2D eigenvalue weighted by Gasteiger charge is 2.09. The molecule has 0 heterocycles. The summed E-state index contributed by atoms with van der Waals surface area (Å²) in [6, 6.07) is 8.80. The molecule has 0 unspecified atom stereocenters. The van der Waals surface area contributed by atoms with Gasteiger partial charge in [0.2, 0.25) is 0 Å². The number of benzene rings is 2. The van der Waals surface area contributed by atoms with E-state index in [0.717, 1.165) is 12.1 Å². The van der Waals surface area contributed by atoms with E-state index in [-0.39, 0.29) is 17.9 Å². The Balaban J connectivity index is 1.94. The lowest BCUT2D eigenvalue weighted by Gasteiger charge is -2.06. The standard InChI is InChI=1S/C15H12F3NO/c16-12-7-11(8-13(17)9-12)15(20)19-6-5-10-3-1-2-4-14(10)18/h1-4,7-9H,5-6H2,(H,19,20). The molecule has 2 rings (SSSR count). The molecule has 104 valence electrons. The van der Waals surface area contributed by atoms with Gasteiger partial charge in [0.05, 0.1) is 0 Å². The molecule has 5 heteroatoms. The monoisotopic (exact) mass is 279 g/mol.